The van der Waals surface area contributed by atoms with E-state index >= 15 is 0 Å². The number of nitrogens with one attached hydrogen (secondary N) is 1. The molecule has 2 heterocycles. The van der Waals surface area contributed by atoms with Crippen LogP contribution in [0.3, 0.4) is 0 Å². The summed E-state index contributed by atoms with van der Waals surface area (Å²) < 4.78 is 1.71. The molecule has 0 atom stereocenters. The summed E-state index contributed by atoms with van der Waals surface area (Å²) >= 11 is 5.68. The minimum absolute atomic E-state index is 0.193. The van der Waals surface area contributed by atoms with E-state index < -0.39 is 0 Å². The monoisotopic (exact) mass is 236 g/mol. The van der Waals surface area contributed by atoms with Crippen LogP contribution in [0.5, 0.6) is 0 Å². The van der Waals surface area contributed by atoms with Crippen LogP contribution in [0.2, 0.25) is 5.15 Å². The molecule has 16 heavy (non-hydrogen) atoms. The van der Waals surface area contributed by atoms with Crippen LogP contribution in [0.15, 0.2) is 30.6 Å². The molecule has 0 radical (unpaired) electrons. The molecule has 0 spiro atoms. The number of carbonyl (C=O) groups is 1. The summed E-state index contributed by atoms with van der Waals surface area (Å²) in [4.78, 5) is 19.5. The predicted octanol–water partition coefficient (Wildman–Crippen LogP) is 1.72. The number of hydrogen-bond acceptors (Lipinski definition) is 3. The van der Waals surface area contributed by atoms with E-state index in [0.29, 0.717) is 5.69 Å². The van der Waals surface area contributed by atoms with Gasteiger partial charge in [-0.05, 0) is 18.2 Å². The third-order valence-electron chi connectivity index (χ3n) is 2.02. The summed E-state index contributed by atoms with van der Waals surface area (Å²) in [6.45, 7) is 0. The normalized spacial score (nSPS) is 10.1. The maximum absolute atomic E-state index is 11.8. The van der Waals surface area contributed by atoms with Crippen LogP contribution in [0, 0.1) is 0 Å². The summed E-state index contributed by atoms with van der Waals surface area (Å²) in [5.74, 6) is -0.0755. The van der Waals surface area contributed by atoms with Crippen molar-refractivity contribution in [1.29, 1.82) is 0 Å². The van der Waals surface area contributed by atoms with E-state index in [1.54, 1.807) is 36.0 Å². The van der Waals surface area contributed by atoms with Crippen LogP contribution < -0.4 is 5.32 Å². The van der Waals surface area contributed by atoms with E-state index in [4.69, 9.17) is 11.6 Å². The average molecular weight is 237 g/mol. The van der Waals surface area contributed by atoms with Crippen molar-refractivity contribution < 1.29 is 4.79 Å². The summed E-state index contributed by atoms with van der Waals surface area (Å²) in [7, 11) is 1.79. The molecule has 2 rings (SSSR count). The van der Waals surface area contributed by atoms with Crippen LogP contribution in [0.4, 0.5) is 5.95 Å². The van der Waals surface area contributed by atoms with Gasteiger partial charge in [0, 0.05) is 19.4 Å². The molecular formula is C10H9ClN4O. The van der Waals surface area contributed by atoms with Crippen molar-refractivity contribution in [3.8, 4) is 0 Å². The first kappa shape index (κ1) is 10.6. The molecule has 0 saturated heterocycles. The molecule has 2 aromatic rings. The molecule has 0 unspecified atom stereocenters. The van der Waals surface area contributed by atoms with E-state index in [-0.39, 0.29) is 17.0 Å². The van der Waals surface area contributed by atoms with E-state index in [9.17, 15) is 4.79 Å². The highest BCUT2D eigenvalue weighted by Crippen LogP contribution is 2.07. The average Bonchev–Trinajstić information content (AvgIpc) is 2.64. The van der Waals surface area contributed by atoms with E-state index in [1.807, 2.05) is 0 Å². The maximum Gasteiger partial charge on any atom is 0.274 e. The number of aromatic nitrogens is 3. The van der Waals surface area contributed by atoms with Gasteiger partial charge < -0.3 is 4.57 Å². The Morgan fingerprint density at radius 2 is 2.31 bits per heavy atom. The predicted molar refractivity (Wildman–Crippen MR) is 60.4 cm³/mol. The Hall–Kier alpha value is -1.88. The Bertz CT molecular complexity index is 523. The third-order valence-corrected chi connectivity index (χ3v) is 2.23. The molecule has 0 fully saturated rings. The van der Waals surface area contributed by atoms with Gasteiger partial charge in [0.15, 0.2) is 0 Å². The second-order valence-corrected chi connectivity index (χ2v) is 3.55. The van der Waals surface area contributed by atoms with Gasteiger partial charge in [0.2, 0.25) is 5.95 Å². The molecule has 2 aromatic heterocycles. The highest BCUT2D eigenvalue weighted by molar-refractivity contribution is 6.29. The SMILES string of the molecule is Cn1cccc1C(=O)Nc1nccc(Cl)n1. The molecule has 82 valence electrons. The lowest BCUT2D eigenvalue weighted by Gasteiger charge is -2.04. The molecule has 5 nitrogen and oxygen atoms in total. The fourth-order valence-corrected chi connectivity index (χ4v) is 1.40. The molecule has 1 N–H and O–H groups in total. The zero-order valence-corrected chi connectivity index (χ0v) is 9.27. The lowest BCUT2D eigenvalue weighted by molar-refractivity contribution is 0.101. The van der Waals surface area contributed by atoms with Gasteiger partial charge in [-0.3, -0.25) is 10.1 Å². The lowest BCUT2D eigenvalue weighted by Crippen LogP contribution is -2.16. The second-order valence-electron chi connectivity index (χ2n) is 3.16. The fourth-order valence-electron chi connectivity index (χ4n) is 1.26. The van der Waals surface area contributed by atoms with E-state index in [1.165, 1.54) is 6.20 Å². The van der Waals surface area contributed by atoms with E-state index in [2.05, 4.69) is 15.3 Å². The Labute approximate surface area is 97.1 Å². The molecule has 0 aliphatic rings. The number of aryl methyl sites for hydroxylation is 1. The Kier molecular flexibility index (Phi) is 2.87. The molecule has 6 heteroatoms. The van der Waals surface area contributed by atoms with Gasteiger partial charge in [0.1, 0.15) is 10.8 Å². The first-order chi connectivity index (χ1) is 7.66. The van der Waals surface area contributed by atoms with Crippen LogP contribution in [-0.2, 0) is 7.05 Å². The Morgan fingerprint density at radius 1 is 1.50 bits per heavy atom. The van der Waals surface area contributed by atoms with Crippen LogP contribution in [0.25, 0.3) is 0 Å². The lowest BCUT2D eigenvalue weighted by atomic mass is 10.4. The summed E-state index contributed by atoms with van der Waals surface area (Å²) in [6, 6.07) is 5.04. The van der Waals surface area contributed by atoms with Gasteiger partial charge in [-0.2, -0.15) is 0 Å². The zero-order valence-electron chi connectivity index (χ0n) is 8.51. The second kappa shape index (κ2) is 4.32. The van der Waals surface area contributed by atoms with Crippen molar-refractivity contribution in [1.82, 2.24) is 14.5 Å². The topological polar surface area (TPSA) is 59.8 Å². The highest BCUT2D eigenvalue weighted by atomic mass is 35.5. The van der Waals surface area contributed by atoms with E-state index in [0.717, 1.165) is 0 Å². The molecule has 0 aliphatic heterocycles. The number of halogens is 1. The van der Waals surface area contributed by atoms with Crippen molar-refractivity contribution in [2.45, 2.75) is 0 Å². The number of anilines is 1. The highest BCUT2D eigenvalue weighted by Gasteiger charge is 2.10. The van der Waals surface area contributed by atoms with Crippen LogP contribution >= 0.6 is 11.6 Å². The first-order valence-corrected chi connectivity index (χ1v) is 4.96. The van der Waals surface area contributed by atoms with Crippen molar-refractivity contribution >= 4 is 23.5 Å². The summed E-state index contributed by atoms with van der Waals surface area (Å²) in [5, 5.41) is 2.85. The first-order valence-electron chi connectivity index (χ1n) is 4.58. The van der Waals surface area contributed by atoms with Gasteiger partial charge in [0.25, 0.3) is 5.91 Å². The smallest absolute Gasteiger partial charge is 0.274 e. The molecular weight excluding hydrogens is 228 g/mol. The zero-order chi connectivity index (χ0) is 11.5. The van der Waals surface area contributed by atoms with Gasteiger partial charge in [0.05, 0.1) is 0 Å². The van der Waals surface area contributed by atoms with Gasteiger partial charge >= 0.3 is 0 Å². The molecule has 0 bridgehead atoms. The number of nitrogens with zero attached hydrogens (tertiary/aromatic N) is 3. The van der Waals surface area contributed by atoms with Gasteiger partial charge in [-0.25, -0.2) is 9.97 Å². The number of rotatable bonds is 2. The largest absolute Gasteiger partial charge is 0.347 e. The number of amides is 1. The number of hydrogen-bond donors (Lipinski definition) is 1. The number of carbonyl (C=O) groups excluding carboxylic acids is 1. The maximum atomic E-state index is 11.8. The van der Waals surface area contributed by atoms with Crippen LogP contribution in [-0.4, -0.2) is 20.4 Å². The fraction of sp³-hybridized carbons (Fsp3) is 0.100. The third kappa shape index (κ3) is 2.20. The summed E-state index contributed by atoms with van der Waals surface area (Å²) in [5.41, 5.74) is 0.531. The molecule has 1 amide bonds. The van der Waals surface area contributed by atoms with Crippen molar-refractivity contribution in [2.75, 3.05) is 5.32 Å². The van der Waals surface area contributed by atoms with Gasteiger partial charge in [-0.1, -0.05) is 11.6 Å². The Balaban J connectivity index is 2.17. The summed E-state index contributed by atoms with van der Waals surface area (Å²) in [6.07, 6.45) is 3.27. The molecule has 0 aromatic carbocycles. The minimum atomic E-state index is -0.269. The molecule has 0 saturated carbocycles. The van der Waals surface area contributed by atoms with Crippen molar-refractivity contribution in [2.24, 2.45) is 7.05 Å². The van der Waals surface area contributed by atoms with Crippen LogP contribution in [0.1, 0.15) is 10.5 Å². The van der Waals surface area contributed by atoms with Crippen molar-refractivity contribution in [3.63, 3.8) is 0 Å². The van der Waals surface area contributed by atoms with Gasteiger partial charge in [-0.15, -0.1) is 0 Å². The van der Waals surface area contributed by atoms with Crippen molar-refractivity contribution in [3.05, 3.63) is 41.4 Å². The standard InChI is InChI=1S/C10H9ClN4O/c1-15-6-2-3-7(15)9(16)14-10-12-5-4-8(11)13-10/h2-6H,1H3,(H,12,13,14,16). The quantitative estimate of drug-likeness (QED) is 0.808. The molecule has 0 aliphatic carbocycles. The Morgan fingerprint density at radius 3 is 2.94 bits per heavy atom. The minimum Gasteiger partial charge on any atom is -0.347 e.